The number of unbranched alkanes of at least 4 members (excludes halogenated alkanes) is 1. The average molecular weight is 554 g/mol. The Labute approximate surface area is 226 Å². The molecule has 4 rings (SSSR count). The molecule has 1 amide bonds. The molecule has 0 radical (unpaired) electrons. The summed E-state index contributed by atoms with van der Waals surface area (Å²) in [4.78, 5) is 11.9. The van der Waals surface area contributed by atoms with Gasteiger partial charge in [-0.3, -0.25) is 9.48 Å². The molecule has 0 bridgehead atoms. The number of benzene rings is 3. The quantitative estimate of drug-likeness (QED) is 0.234. The van der Waals surface area contributed by atoms with Gasteiger partial charge in [0, 0.05) is 18.8 Å². The highest BCUT2D eigenvalue weighted by Gasteiger charge is 2.20. The number of ether oxygens (including phenoxy) is 1. The summed E-state index contributed by atoms with van der Waals surface area (Å²) in [6, 6.07) is 19.9. The molecule has 1 heterocycles. The van der Waals surface area contributed by atoms with Gasteiger partial charge in [0.1, 0.15) is 5.75 Å². The zero-order valence-corrected chi connectivity index (χ0v) is 22.0. The van der Waals surface area contributed by atoms with Crippen molar-refractivity contribution in [3.8, 4) is 5.75 Å². The third-order valence-electron chi connectivity index (χ3n) is 6.07. The van der Waals surface area contributed by atoms with Crippen molar-refractivity contribution in [3.05, 3.63) is 114 Å². The SMILES string of the molecule is O=C(CCc1ccc(Cn2cccn2)cc1OCCCCc1ccccc1)NS(=O)(=O)c1ccc(F)c(F)c1. The van der Waals surface area contributed by atoms with Crippen LogP contribution in [0.25, 0.3) is 0 Å². The van der Waals surface area contributed by atoms with E-state index in [9.17, 15) is 22.0 Å². The number of hydrogen-bond donors (Lipinski definition) is 1. The lowest BCUT2D eigenvalue weighted by atomic mass is 10.1. The Balaban J connectivity index is 1.38. The average Bonchev–Trinajstić information content (AvgIpc) is 3.43. The highest BCUT2D eigenvalue weighted by atomic mass is 32.2. The zero-order valence-electron chi connectivity index (χ0n) is 21.2. The van der Waals surface area contributed by atoms with Gasteiger partial charge in [0.15, 0.2) is 11.6 Å². The first-order chi connectivity index (χ1) is 18.8. The Hall–Kier alpha value is -4.05. The molecule has 10 heteroatoms. The van der Waals surface area contributed by atoms with Crippen LogP contribution in [0.5, 0.6) is 5.75 Å². The maximum Gasteiger partial charge on any atom is 0.264 e. The lowest BCUT2D eigenvalue weighted by Gasteiger charge is -2.14. The molecule has 0 spiro atoms. The molecule has 0 aliphatic carbocycles. The van der Waals surface area contributed by atoms with Crippen LogP contribution in [0.3, 0.4) is 0 Å². The smallest absolute Gasteiger partial charge is 0.264 e. The fraction of sp³-hybridized carbons (Fsp3) is 0.241. The largest absolute Gasteiger partial charge is 0.493 e. The second kappa shape index (κ2) is 13.1. The third-order valence-corrected chi connectivity index (χ3v) is 7.44. The van der Waals surface area contributed by atoms with Crippen LogP contribution >= 0.6 is 0 Å². The van der Waals surface area contributed by atoms with Gasteiger partial charge in [-0.05, 0) is 72.7 Å². The van der Waals surface area contributed by atoms with E-state index in [-0.39, 0.29) is 12.8 Å². The molecule has 0 saturated heterocycles. The molecule has 0 aliphatic heterocycles. The van der Waals surface area contributed by atoms with E-state index in [0.29, 0.717) is 31.0 Å². The third kappa shape index (κ3) is 8.22. The molecular weight excluding hydrogens is 524 g/mol. The Bertz CT molecular complexity index is 1490. The van der Waals surface area contributed by atoms with Crippen LogP contribution in [0.4, 0.5) is 8.78 Å². The van der Waals surface area contributed by atoms with Crippen molar-refractivity contribution in [2.24, 2.45) is 0 Å². The second-order valence-corrected chi connectivity index (χ2v) is 10.7. The van der Waals surface area contributed by atoms with Crippen molar-refractivity contribution in [1.29, 1.82) is 0 Å². The molecule has 4 aromatic rings. The van der Waals surface area contributed by atoms with Gasteiger partial charge in [-0.1, -0.05) is 42.5 Å². The molecular formula is C29H29F2N3O4S. The minimum Gasteiger partial charge on any atom is -0.493 e. The zero-order chi connectivity index (χ0) is 27.7. The predicted molar refractivity (Wildman–Crippen MR) is 143 cm³/mol. The molecule has 0 aliphatic rings. The summed E-state index contributed by atoms with van der Waals surface area (Å²) in [5.74, 6) is -2.64. The number of halogens is 2. The van der Waals surface area contributed by atoms with E-state index in [2.05, 4.69) is 17.2 Å². The van der Waals surface area contributed by atoms with Gasteiger partial charge in [-0.2, -0.15) is 5.10 Å². The van der Waals surface area contributed by atoms with Gasteiger partial charge in [-0.25, -0.2) is 21.9 Å². The Morgan fingerprint density at radius 3 is 2.46 bits per heavy atom. The standard InChI is InChI=1S/C29H29F2N3O4S/c30-26-14-13-25(20-27(26)31)39(36,37)33-29(35)15-12-24-11-10-23(21-34-17-6-16-32-34)19-28(24)38-18-5-4-9-22-7-2-1-3-8-22/h1-3,6-8,10-11,13-14,16-17,19-20H,4-5,9,12,15,18,21H2,(H,33,35). The minimum atomic E-state index is -4.34. The van der Waals surface area contributed by atoms with E-state index in [4.69, 9.17) is 4.74 Å². The van der Waals surface area contributed by atoms with Crippen molar-refractivity contribution in [1.82, 2.24) is 14.5 Å². The van der Waals surface area contributed by atoms with E-state index >= 15 is 0 Å². The summed E-state index contributed by atoms with van der Waals surface area (Å²) in [5.41, 5.74) is 2.98. The van der Waals surface area contributed by atoms with Crippen LogP contribution < -0.4 is 9.46 Å². The van der Waals surface area contributed by atoms with Crippen molar-refractivity contribution in [2.75, 3.05) is 6.61 Å². The highest BCUT2D eigenvalue weighted by Crippen LogP contribution is 2.24. The molecule has 0 saturated carbocycles. The first-order valence-electron chi connectivity index (χ1n) is 12.6. The summed E-state index contributed by atoms with van der Waals surface area (Å²) in [6.07, 6.45) is 6.37. The molecule has 1 aromatic heterocycles. The molecule has 0 atom stereocenters. The van der Waals surface area contributed by atoms with E-state index in [1.165, 1.54) is 5.56 Å². The number of nitrogens with zero attached hydrogens (tertiary/aromatic N) is 2. The van der Waals surface area contributed by atoms with E-state index in [0.717, 1.165) is 36.5 Å². The fourth-order valence-corrected chi connectivity index (χ4v) is 5.05. The summed E-state index contributed by atoms with van der Waals surface area (Å²) in [5, 5.41) is 4.23. The minimum absolute atomic E-state index is 0.147. The van der Waals surface area contributed by atoms with Crippen LogP contribution in [0.2, 0.25) is 0 Å². The van der Waals surface area contributed by atoms with E-state index in [1.807, 2.05) is 53.4 Å². The van der Waals surface area contributed by atoms with Gasteiger partial charge >= 0.3 is 0 Å². The van der Waals surface area contributed by atoms with Crippen molar-refractivity contribution in [2.45, 2.75) is 43.5 Å². The van der Waals surface area contributed by atoms with Crippen LogP contribution in [-0.4, -0.2) is 30.7 Å². The van der Waals surface area contributed by atoms with Gasteiger partial charge in [-0.15, -0.1) is 0 Å². The molecule has 3 aromatic carbocycles. The summed E-state index contributed by atoms with van der Waals surface area (Å²) in [6.45, 7) is 1.03. The maximum atomic E-state index is 13.5. The molecule has 0 unspecified atom stereocenters. The predicted octanol–water partition coefficient (Wildman–Crippen LogP) is 5.05. The Morgan fingerprint density at radius 1 is 0.897 bits per heavy atom. The topological polar surface area (TPSA) is 90.3 Å². The van der Waals surface area contributed by atoms with E-state index < -0.39 is 32.5 Å². The van der Waals surface area contributed by atoms with Gasteiger partial charge in [0.2, 0.25) is 5.91 Å². The maximum absolute atomic E-state index is 13.5. The first kappa shape index (κ1) is 28.0. The van der Waals surface area contributed by atoms with Crippen molar-refractivity contribution >= 4 is 15.9 Å². The number of nitrogens with one attached hydrogen (secondary N) is 1. The molecule has 1 N–H and O–H groups in total. The Kier molecular flexibility index (Phi) is 9.43. The monoisotopic (exact) mass is 553 g/mol. The second-order valence-electron chi connectivity index (χ2n) is 9.04. The summed E-state index contributed by atoms with van der Waals surface area (Å²) < 4.78 is 61.3. The number of sulfonamides is 1. The Morgan fingerprint density at radius 2 is 1.72 bits per heavy atom. The van der Waals surface area contributed by atoms with Crippen LogP contribution in [-0.2, 0) is 34.2 Å². The number of hydrogen-bond acceptors (Lipinski definition) is 5. The van der Waals surface area contributed by atoms with Crippen LogP contribution in [0.1, 0.15) is 36.0 Å². The van der Waals surface area contributed by atoms with Gasteiger partial charge < -0.3 is 4.74 Å². The number of carbonyl (C=O) groups excluding carboxylic acids is 1. The van der Waals surface area contributed by atoms with Crippen molar-refractivity contribution in [3.63, 3.8) is 0 Å². The van der Waals surface area contributed by atoms with Crippen molar-refractivity contribution < 1.29 is 26.7 Å². The number of amides is 1. The van der Waals surface area contributed by atoms with Crippen LogP contribution in [0, 0.1) is 11.6 Å². The summed E-state index contributed by atoms with van der Waals surface area (Å²) >= 11 is 0. The summed E-state index contributed by atoms with van der Waals surface area (Å²) in [7, 11) is -4.34. The molecule has 0 fully saturated rings. The number of aromatic nitrogens is 2. The highest BCUT2D eigenvalue weighted by molar-refractivity contribution is 7.90. The van der Waals surface area contributed by atoms with Gasteiger partial charge in [0.05, 0.1) is 18.0 Å². The lowest BCUT2D eigenvalue weighted by molar-refractivity contribution is -0.119. The normalized spacial score (nSPS) is 11.3. The number of rotatable bonds is 13. The first-order valence-corrected chi connectivity index (χ1v) is 14.0. The fourth-order valence-electron chi connectivity index (χ4n) is 4.03. The molecule has 204 valence electrons. The number of carbonyl (C=O) groups is 1. The molecule has 7 nitrogen and oxygen atoms in total. The van der Waals surface area contributed by atoms with Crippen LogP contribution in [0.15, 0.2) is 90.1 Å². The molecule has 39 heavy (non-hydrogen) atoms. The van der Waals surface area contributed by atoms with E-state index in [1.54, 1.807) is 10.9 Å². The number of aryl methyl sites for hydroxylation is 2. The van der Waals surface area contributed by atoms with Gasteiger partial charge in [0.25, 0.3) is 10.0 Å². The lowest BCUT2D eigenvalue weighted by Crippen LogP contribution is -2.30.